The zero-order chi connectivity index (χ0) is 17.8. The van der Waals surface area contributed by atoms with E-state index in [1.807, 2.05) is 37.3 Å². The lowest BCUT2D eigenvalue weighted by Crippen LogP contribution is -2.39. The zero-order valence-electron chi connectivity index (χ0n) is 13.9. The summed E-state index contributed by atoms with van der Waals surface area (Å²) in [6.45, 7) is 3.67. The van der Waals surface area contributed by atoms with Crippen molar-refractivity contribution in [2.75, 3.05) is 19.7 Å². The molecule has 0 spiro atoms. The highest BCUT2D eigenvalue weighted by Crippen LogP contribution is 2.32. The van der Waals surface area contributed by atoms with Crippen LogP contribution in [0.15, 0.2) is 38.6 Å². The largest absolute Gasteiger partial charge is 0.466 e. The van der Waals surface area contributed by atoms with Crippen molar-refractivity contribution in [2.45, 2.75) is 19.8 Å². The molecule has 0 bridgehead atoms. The minimum atomic E-state index is -0.201. The average molecular weight is 423 g/mol. The Labute approximate surface area is 159 Å². The number of aliphatic imine (C=N–C) groups is 1. The van der Waals surface area contributed by atoms with Gasteiger partial charge in [-0.05, 0) is 55.3 Å². The lowest BCUT2D eigenvalue weighted by Gasteiger charge is -2.31. The number of hydrogen-bond acceptors (Lipinski definition) is 5. The predicted octanol–water partition coefficient (Wildman–Crippen LogP) is 3.69. The predicted molar refractivity (Wildman–Crippen MR) is 103 cm³/mol. The van der Waals surface area contributed by atoms with Crippen molar-refractivity contribution in [2.24, 2.45) is 10.9 Å². The first-order valence-electron chi connectivity index (χ1n) is 8.26. The van der Waals surface area contributed by atoms with Crippen molar-refractivity contribution in [3.63, 3.8) is 0 Å². The van der Waals surface area contributed by atoms with Gasteiger partial charge in [-0.25, -0.2) is 0 Å². The number of carbonyl (C=O) groups is 2. The van der Waals surface area contributed by atoms with Crippen LogP contribution in [0.5, 0.6) is 0 Å². The van der Waals surface area contributed by atoms with Gasteiger partial charge in [-0.2, -0.15) is 4.99 Å². The van der Waals surface area contributed by atoms with Crippen LogP contribution in [0.25, 0.3) is 6.08 Å². The normalized spacial score (nSPS) is 20.1. The van der Waals surface area contributed by atoms with Crippen molar-refractivity contribution in [1.29, 1.82) is 0 Å². The molecule has 2 heterocycles. The summed E-state index contributed by atoms with van der Waals surface area (Å²) in [7, 11) is 0. The monoisotopic (exact) mass is 422 g/mol. The van der Waals surface area contributed by atoms with E-state index in [1.165, 1.54) is 11.8 Å². The third kappa shape index (κ3) is 4.52. The molecular formula is C18H19BrN2O3S. The van der Waals surface area contributed by atoms with E-state index >= 15 is 0 Å². The Balaban J connectivity index is 1.61. The second-order valence-corrected chi connectivity index (χ2v) is 7.80. The summed E-state index contributed by atoms with van der Waals surface area (Å²) in [4.78, 5) is 30.9. The Hall–Kier alpha value is -1.60. The van der Waals surface area contributed by atoms with Crippen LogP contribution in [0.1, 0.15) is 25.3 Å². The Morgan fingerprint density at radius 1 is 1.44 bits per heavy atom. The molecule has 0 aliphatic carbocycles. The molecule has 132 valence electrons. The molecule has 2 aliphatic heterocycles. The van der Waals surface area contributed by atoms with Crippen LogP contribution in [0.3, 0.4) is 0 Å². The fourth-order valence-corrected chi connectivity index (χ4v) is 4.23. The smallest absolute Gasteiger partial charge is 0.309 e. The van der Waals surface area contributed by atoms with Gasteiger partial charge in [0.2, 0.25) is 0 Å². The van der Waals surface area contributed by atoms with Gasteiger partial charge in [0.1, 0.15) is 0 Å². The molecule has 0 N–H and O–H groups in total. The SMILES string of the molecule is CCOC(=O)C1CCN(C2=NC(=O)/C(=C/c3cccc(Br)c3)S2)CC1. The van der Waals surface area contributed by atoms with Gasteiger partial charge >= 0.3 is 5.97 Å². The maximum absolute atomic E-state index is 12.2. The van der Waals surface area contributed by atoms with Crippen LogP contribution in [0.4, 0.5) is 0 Å². The van der Waals surface area contributed by atoms with Gasteiger partial charge in [-0.3, -0.25) is 9.59 Å². The van der Waals surface area contributed by atoms with Crippen LogP contribution < -0.4 is 0 Å². The van der Waals surface area contributed by atoms with Crippen molar-refractivity contribution in [1.82, 2.24) is 4.90 Å². The third-order valence-corrected chi connectivity index (χ3v) is 5.68. The number of amides is 1. The second kappa shape index (κ2) is 8.19. The molecule has 1 aromatic carbocycles. The number of thioether (sulfide) groups is 1. The lowest BCUT2D eigenvalue weighted by atomic mass is 9.97. The quantitative estimate of drug-likeness (QED) is 0.548. The number of rotatable bonds is 3. The molecule has 0 saturated carbocycles. The molecule has 1 aromatic rings. The molecule has 0 aromatic heterocycles. The van der Waals surface area contributed by atoms with Gasteiger partial charge in [0.05, 0.1) is 17.4 Å². The summed E-state index contributed by atoms with van der Waals surface area (Å²) in [6.07, 6.45) is 3.33. The third-order valence-electron chi connectivity index (χ3n) is 4.14. The zero-order valence-corrected chi connectivity index (χ0v) is 16.3. The minimum absolute atomic E-state index is 0.0458. The Kier molecular flexibility index (Phi) is 5.96. The standard InChI is InChI=1S/C18H19BrN2O3S/c1-2-24-17(23)13-6-8-21(9-7-13)18-20-16(22)15(25-18)11-12-4-3-5-14(19)10-12/h3-5,10-11,13H,2,6-9H2,1H3/b15-11-. The van der Waals surface area contributed by atoms with Gasteiger partial charge in [0.15, 0.2) is 5.17 Å². The molecule has 0 unspecified atom stereocenters. The van der Waals surface area contributed by atoms with Gasteiger partial charge in [0, 0.05) is 17.6 Å². The maximum atomic E-state index is 12.2. The first kappa shape index (κ1) is 18.2. The number of hydrogen-bond donors (Lipinski definition) is 0. The number of esters is 1. The highest BCUT2D eigenvalue weighted by molar-refractivity contribution is 9.10. The molecule has 7 heteroatoms. The van der Waals surface area contributed by atoms with Crippen molar-refractivity contribution in [3.8, 4) is 0 Å². The van der Waals surface area contributed by atoms with E-state index < -0.39 is 0 Å². The number of amidine groups is 1. The maximum Gasteiger partial charge on any atom is 0.309 e. The van der Waals surface area contributed by atoms with Gasteiger partial charge < -0.3 is 9.64 Å². The fourth-order valence-electron chi connectivity index (χ4n) is 2.85. The van der Waals surface area contributed by atoms with E-state index in [4.69, 9.17) is 4.74 Å². The summed E-state index contributed by atoms with van der Waals surface area (Å²) >= 11 is 4.84. The molecule has 1 fully saturated rings. The summed E-state index contributed by atoms with van der Waals surface area (Å²) in [6, 6.07) is 7.79. The van der Waals surface area contributed by atoms with Crippen molar-refractivity contribution in [3.05, 3.63) is 39.2 Å². The Bertz CT molecular complexity index is 740. The molecule has 25 heavy (non-hydrogen) atoms. The number of ether oxygens (including phenoxy) is 1. The van der Waals surface area contributed by atoms with Gasteiger partial charge in [0.25, 0.3) is 5.91 Å². The van der Waals surface area contributed by atoms with Gasteiger partial charge in [-0.15, -0.1) is 0 Å². The van der Waals surface area contributed by atoms with Crippen LogP contribution in [-0.4, -0.2) is 41.6 Å². The van der Waals surface area contributed by atoms with Crippen LogP contribution in [0, 0.1) is 5.92 Å². The summed E-state index contributed by atoms with van der Waals surface area (Å²) in [5.41, 5.74) is 0.961. The van der Waals surface area contributed by atoms with E-state index in [1.54, 1.807) is 0 Å². The molecule has 3 rings (SSSR count). The fraction of sp³-hybridized carbons (Fsp3) is 0.389. The van der Waals surface area contributed by atoms with E-state index in [2.05, 4.69) is 25.8 Å². The molecule has 0 radical (unpaired) electrons. The Morgan fingerprint density at radius 2 is 2.20 bits per heavy atom. The average Bonchev–Trinajstić information content (AvgIpc) is 2.96. The number of piperidine rings is 1. The topological polar surface area (TPSA) is 59.0 Å². The molecule has 1 amide bonds. The number of halogens is 1. The number of benzene rings is 1. The van der Waals surface area contributed by atoms with Crippen LogP contribution in [-0.2, 0) is 14.3 Å². The Morgan fingerprint density at radius 3 is 2.88 bits per heavy atom. The second-order valence-electron chi connectivity index (χ2n) is 5.88. The molecular weight excluding hydrogens is 404 g/mol. The summed E-state index contributed by atoms with van der Waals surface area (Å²) in [5.74, 6) is -0.363. The minimum Gasteiger partial charge on any atom is -0.466 e. The lowest BCUT2D eigenvalue weighted by molar-refractivity contribution is -0.149. The number of carbonyl (C=O) groups excluding carboxylic acids is 2. The van der Waals surface area contributed by atoms with Gasteiger partial charge in [-0.1, -0.05) is 28.1 Å². The van der Waals surface area contributed by atoms with Crippen molar-refractivity contribution >= 4 is 50.8 Å². The molecule has 0 atom stereocenters. The van der Waals surface area contributed by atoms with Crippen molar-refractivity contribution < 1.29 is 14.3 Å². The molecule has 1 saturated heterocycles. The summed E-state index contributed by atoms with van der Waals surface area (Å²) in [5, 5.41) is 0.730. The van der Waals surface area contributed by atoms with E-state index in [0.717, 1.165) is 28.0 Å². The molecule has 5 nitrogen and oxygen atoms in total. The van der Waals surface area contributed by atoms with Crippen LogP contribution in [0.2, 0.25) is 0 Å². The number of likely N-dealkylation sites (tertiary alicyclic amines) is 1. The van der Waals surface area contributed by atoms with E-state index in [-0.39, 0.29) is 17.8 Å². The van der Waals surface area contributed by atoms with Crippen LogP contribution >= 0.6 is 27.7 Å². The number of nitrogens with zero attached hydrogens (tertiary/aromatic N) is 2. The highest BCUT2D eigenvalue weighted by Gasteiger charge is 2.31. The highest BCUT2D eigenvalue weighted by atomic mass is 79.9. The first-order chi connectivity index (χ1) is 12.1. The van der Waals surface area contributed by atoms with E-state index in [9.17, 15) is 9.59 Å². The molecule has 2 aliphatic rings. The summed E-state index contributed by atoms with van der Waals surface area (Å²) < 4.78 is 6.06. The van der Waals surface area contributed by atoms with E-state index in [0.29, 0.717) is 24.6 Å². The first-order valence-corrected chi connectivity index (χ1v) is 9.87.